The molecule has 0 amide bonds. The first-order valence-corrected chi connectivity index (χ1v) is 19.6. The van der Waals surface area contributed by atoms with Gasteiger partial charge >= 0.3 is 271 Å². The van der Waals surface area contributed by atoms with Crippen LogP contribution in [0.2, 0.25) is 0 Å². The number of imidazole rings is 1. The quantitative estimate of drug-likeness (QED) is 0.173. The number of rotatable bonds is 5. The van der Waals surface area contributed by atoms with Gasteiger partial charge in [0.05, 0.1) is 0 Å². The average Bonchev–Trinajstić information content (AvgIpc) is 3.38. The van der Waals surface area contributed by atoms with Crippen LogP contribution in [0.1, 0.15) is 91.5 Å². The van der Waals surface area contributed by atoms with Crippen LogP contribution < -0.4 is 9.64 Å². The molecule has 0 radical (unpaired) electrons. The molecule has 0 N–H and O–H groups in total. The molecular weight excluding hydrogens is 820 g/mol. The Morgan fingerprint density at radius 3 is 1.90 bits per heavy atom. The van der Waals surface area contributed by atoms with Gasteiger partial charge in [0.15, 0.2) is 0 Å². The molecule has 0 spiro atoms. The van der Waals surface area contributed by atoms with E-state index in [4.69, 9.17) is 9.72 Å². The second-order valence-corrected chi connectivity index (χ2v) is 18.6. The summed E-state index contributed by atoms with van der Waals surface area (Å²) in [6.45, 7) is 23.6. The zero-order valence-corrected chi connectivity index (χ0v) is 34.6. The Labute approximate surface area is 320 Å². The molecule has 0 bridgehead atoms. The number of nitrogens with zero attached hydrogens (tertiary/aromatic N) is 4. The van der Waals surface area contributed by atoms with Crippen molar-refractivity contribution in [2.45, 2.75) is 91.9 Å². The van der Waals surface area contributed by atoms with E-state index in [0.29, 0.717) is 5.92 Å². The number of fused-ring (bicyclic) bond motifs is 2. The fraction of sp³-hybridized carbons (Fsp3) is 0.348. The molecule has 2 aromatic heterocycles. The minimum atomic E-state index is -0.0893. The Bertz CT molecular complexity index is 2330. The van der Waals surface area contributed by atoms with E-state index in [1.54, 1.807) is 0 Å². The van der Waals surface area contributed by atoms with Crippen LogP contribution in [-0.2, 0) is 42.0 Å². The van der Waals surface area contributed by atoms with E-state index in [1.807, 2.05) is 6.20 Å². The van der Waals surface area contributed by atoms with Gasteiger partial charge in [-0.2, -0.15) is 0 Å². The van der Waals surface area contributed by atoms with Crippen LogP contribution in [0.25, 0.3) is 22.4 Å². The number of hydrogen-bond acceptors (Lipinski definition) is 3. The van der Waals surface area contributed by atoms with Crippen LogP contribution >= 0.6 is 0 Å². The molecule has 1 unspecified atom stereocenters. The van der Waals surface area contributed by atoms with Crippen LogP contribution in [-0.4, -0.2) is 20.7 Å². The Morgan fingerprint density at radius 1 is 0.635 bits per heavy atom. The van der Waals surface area contributed by atoms with E-state index >= 15 is 0 Å². The van der Waals surface area contributed by atoms with Crippen molar-refractivity contribution < 1.29 is 24.1 Å². The van der Waals surface area contributed by atoms with Crippen LogP contribution in [0.5, 0.6) is 11.5 Å². The molecule has 1 aliphatic heterocycles. The summed E-state index contributed by atoms with van der Waals surface area (Å²) >= 11 is 2.49. The number of hydrogen-bond donors (Lipinski definition) is 0. The molecule has 272 valence electrons. The maximum atomic E-state index is 6.85. The fourth-order valence-electron chi connectivity index (χ4n) is 7.18. The first-order valence-electron chi connectivity index (χ1n) is 18.5. The van der Waals surface area contributed by atoms with Crippen molar-refractivity contribution in [1.82, 2.24) is 14.1 Å². The molecule has 1 aliphatic rings. The van der Waals surface area contributed by atoms with E-state index in [2.05, 4.69) is 200 Å². The van der Waals surface area contributed by atoms with Gasteiger partial charge in [-0.3, -0.25) is 0 Å². The first kappa shape index (κ1) is 36.2. The van der Waals surface area contributed by atoms with E-state index < -0.39 is 0 Å². The summed E-state index contributed by atoms with van der Waals surface area (Å²) in [5, 5.41) is 0. The molecule has 4 aromatic carbocycles. The molecule has 7 rings (SSSR count). The number of anilines is 2. The summed E-state index contributed by atoms with van der Waals surface area (Å²) in [7, 11) is 0. The molecule has 0 saturated carbocycles. The second-order valence-electron chi connectivity index (χ2n) is 17.6. The summed E-state index contributed by atoms with van der Waals surface area (Å²) in [5.74, 6) is 3.15. The number of pyridine rings is 1. The van der Waals surface area contributed by atoms with E-state index in [9.17, 15) is 0 Å². The van der Waals surface area contributed by atoms with Gasteiger partial charge in [-0.15, -0.1) is 0 Å². The molecule has 52 heavy (non-hydrogen) atoms. The summed E-state index contributed by atoms with van der Waals surface area (Å²) in [5.41, 5.74) is 10.9. The van der Waals surface area contributed by atoms with Gasteiger partial charge in [0.2, 0.25) is 0 Å². The molecule has 0 aliphatic carbocycles. The van der Waals surface area contributed by atoms with Crippen LogP contribution in [0.3, 0.4) is 0 Å². The van der Waals surface area contributed by atoms with Gasteiger partial charge in [-0.05, 0) is 17.0 Å². The van der Waals surface area contributed by atoms with E-state index in [1.165, 1.54) is 27.9 Å². The number of para-hydroxylation sites is 2. The third kappa shape index (κ3) is 7.09. The molecule has 0 saturated heterocycles. The molecule has 3 heterocycles. The van der Waals surface area contributed by atoms with Crippen molar-refractivity contribution in [3.8, 4) is 22.9 Å². The summed E-state index contributed by atoms with van der Waals surface area (Å²) in [6.07, 6.45) is 2.98. The van der Waals surface area contributed by atoms with Crippen molar-refractivity contribution in [2.24, 2.45) is 5.92 Å². The van der Waals surface area contributed by atoms with Gasteiger partial charge in [-0.25, -0.2) is 0 Å². The second kappa shape index (κ2) is 13.3. The monoisotopic (exact) mass is 871 g/mol. The standard InChI is InChI=1S/C46H52N4O.Pt/c1-31-23-32-15-20-38(28-42(32)48(29-31)43-26-34(21-22-47-43)45(5,6)7)51-39-25-35(46(8,9)10)24-37(27-39)50-30-49(40-13-11-12-14-41(40)50)36-18-16-33(17-19-36)44(2,3)4;/h11-22,24-28,31H,23,29H2,1-10H3;. The molecule has 6 aromatic rings. The van der Waals surface area contributed by atoms with Crippen molar-refractivity contribution in [1.29, 1.82) is 0 Å². The minimum absolute atomic E-state index is 0.0434. The Balaban J connectivity index is 1.32. The molecular formula is C46H52N4OPt. The topological polar surface area (TPSA) is 35.2 Å². The summed E-state index contributed by atoms with van der Waals surface area (Å²) in [4.78, 5) is 7.24. The van der Waals surface area contributed by atoms with Gasteiger partial charge in [0.25, 0.3) is 0 Å². The van der Waals surface area contributed by atoms with Gasteiger partial charge in [-0.1, -0.05) is 27.7 Å². The first-order chi connectivity index (χ1) is 24.5. The molecule has 0 fully saturated rings. The molecule has 1 atom stereocenters. The van der Waals surface area contributed by atoms with Gasteiger partial charge < -0.3 is 0 Å². The fourth-order valence-corrected chi connectivity index (χ4v) is 8.32. The van der Waals surface area contributed by atoms with Crippen LogP contribution in [0.15, 0.2) is 103 Å². The van der Waals surface area contributed by atoms with Gasteiger partial charge in [0, 0.05) is 6.20 Å². The maximum absolute atomic E-state index is 6.85. The number of benzene rings is 4. The Hall–Kier alpha value is -4.21. The van der Waals surface area contributed by atoms with Crippen LogP contribution in [0, 0.1) is 9.72 Å². The number of ether oxygens (including phenoxy) is 1. The van der Waals surface area contributed by atoms with Crippen LogP contribution in [0.4, 0.5) is 11.5 Å². The summed E-state index contributed by atoms with van der Waals surface area (Å²) in [6, 6.07) is 35.3. The predicted octanol–water partition coefficient (Wildman–Crippen LogP) is 11.9. The Morgan fingerprint density at radius 2 is 1.27 bits per heavy atom. The third-order valence-electron chi connectivity index (χ3n) is 10.2. The molecule has 5 nitrogen and oxygen atoms in total. The zero-order valence-electron chi connectivity index (χ0n) is 32.3. The normalized spacial score (nSPS) is 15.2. The zero-order chi connectivity index (χ0) is 37.2. The molecule has 6 heteroatoms. The van der Waals surface area contributed by atoms with Crippen molar-refractivity contribution in [3.05, 3.63) is 129 Å². The van der Waals surface area contributed by atoms with Crippen molar-refractivity contribution in [3.63, 3.8) is 0 Å². The SMILES string of the molecule is CC1Cc2ccc(Oc3cc(-n4[c](=[Pt])n(-c5ccc(C(C)(C)C)cc5)c5ccccc54)cc(C(C)(C)C)c3)cc2N(c2cc(C(C)(C)C)ccn2)C1. The number of aromatic nitrogens is 3. The summed E-state index contributed by atoms with van der Waals surface area (Å²) < 4.78 is 12.7. The van der Waals surface area contributed by atoms with Crippen molar-refractivity contribution in [2.75, 3.05) is 11.4 Å². The van der Waals surface area contributed by atoms with E-state index in [-0.39, 0.29) is 16.2 Å². The predicted molar refractivity (Wildman–Crippen MR) is 213 cm³/mol. The van der Waals surface area contributed by atoms with E-state index in [0.717, 1.165) is 56.5 Å². The third-order valence-corrected chi connectivity index (χ3v) is 11.3. The van der Waals surface area contributed by atoms with Crippen molar-refractivity contribution >= 4 is 22.5 Å². The average molecular weight is 872 g/mol. The Kier molecular flexibility index (Phi) is 9.27. The van der Waals surface area contributed by atoms with Gasteiger partial charge in [0.1, 0.15) is 0 Å².